The first kappa shape index (κ1) is 18.7. The SMILES string of the molecule is Cc1ccc(OCC(=O)NCCc2ccccc2OC(F)F)cc1C. The third-order valence-corrected chi connectivity index (χ3v) is 3.75. The second kappa shape index (κ2) is 9.01. The smallest absolute Gasteiger partial charge is 0.387 e. The molecule has 0 saturated carbocycles. The molecule has 0 aliphatic heterocycles. The zero-order valence-corrected chi connectivity index (χ0v) is 14.2. The van der Waals surface area contributed by atoms with Crippen molar-refractivity contribution in [2.45, 2.75) is 26.9 Å². The standard InChI is InChI=1S/C19H21F2NO3/c1-13-7-8-16(11-14(13)2)24-12-18(23)22-10-9-15-5-3-4-6-17(15)25-19(20)21/h3-8,11,19H,9-10,12H2,1-2H3,(H,22,23). The molecular weight excluding hydrogens is 328 g/mol. The molecule has 0 fully saturated rings. The lowest BCUT2D eigenvalue weighted by Crippen LogP contribution is -2.30. The molecule has 134 valence electrons. The van der Waals surface area contributed by atoms with Crippen molar-refractivity contribution in [1.82, 2.24) is 5.32 Å². The summed E-state index contributed by atoms with van der Waals surface area (Å²) in [5, 5.41) is 2.70. The van der Waals surface area contributed by atoms with E-state index in [9.17, 15) is 13.6 Å². The molecule has 0 atom stereocenters. The van der Waals surface area contributed by atoms with Crippen LogP contribution < -0.4 is 14.8 Å². The van der Waals surface area contributed by atoms with E-state index in [-0.39, 0.29) is 18.3 Å². The minimum Gasteiger partial charge on any atom is -0.484 e. The average molecular weight is 349 g/mol. The summed E-state index contributed by atoms with van der Waals surface area (Å²) in [5.74, 6) is 0.484. The molecule has 0 spiro atoms. The van der Waals surface area contributed by atoms with Crippen molar-refractivity contribution in [3.8, 4) is 11.5 Å². The third-order valence-electron chi connectivity index (χ3n) is 3.75. The van der Waals surface area contributed by atoms with Crippen molar-refractivity contribution in [2.24, 2.45) is 0 Å². The van der Waals surface area contributed by atoms with Crippen molar-refractivity contribution in [3.63, 3.8) is 0 Å². The minimum atomic E-state index is -2.87. The average Bonchev–Trinajstić information content (AvgIpc) is 2.57. The fraction of sp³-hybridized carbons (Fsp3) is 0.316. The number of amides is 1. The number of halogens is 2. The van der Waals surface area contributed by atoms with E-state index in [1.807, 2.05) is 32.0 Å². The number of ether oxygens (including phenoxy) is 2. The van der Waals surface area contributed by atoms with Crippen LogP contribution >= 0.6 is 0 Å². The Hall–Kier alpha value is -2.63. The second-order valence-corrected chi connectivity index (χ2v) is 5.62. The number of alkyl halides is 2. The molecule has 0 bridgehead atoms. The minimum absolute atomic E-state index is 0.0995. The molecule has 0 heterocycles. The predicted molar refractivity (Wildman–Crippen MR) is 91.2 cm³/mol. The fourth-order valence-electron chi connectivity index (χ4n) is 2.26. The van der Waals surface area contributed by atoms with E-state index in [4.69, 9.17) is 4.74 Å². The monoisotopic (exact) mass is 349 g/mol. The van der Waals surface area contributed by atoms with Gasteiger partial charge in [0.2, 0.25) is 0 Å². The number of rotatable bonds is 8. The zero-order chi connectivity index (χ0) is 18.2. The van der Waals surface area contributed by atoms with Crippen LogP contribution in [0.1, 0.15) is 16.7 Å². The van der Waals surface area contributed by atoms with Crippen LogP contribution in [0.15, 0.2) is 42.5 Å². The Kier molecular flexibility index (Phi) is 6.74. The van der Waals surface area contributed by atoms with Gasteiger partial charge in [0, 0.05) is 6.54 Å². The normalized spacial score (nSPS) is 10.6. The first-order chi connectivity index (χ1) is 12.0. The van der Waals surface area contributed by atoms with Gasteiger partial charge in [0.1, 0.15) is 11.5 Å². The van der Waals surface area contributed by atoms with E-state index in [0.29, 0.717) is 24.3 Å². The number of benzene rings is 2. The summed E-state index contributed by atoms with van der Waals surface area (Å²) in [7, 11) is 0. The summed E-state index contributed by atoms with van der Waals surface area (Å²) in [5.41, 5.74) is 2.85. The van der Waals surface area contributed by atoms with Crippen molar-refractivity contribution in [3.05, 3.63) is 59.2 Å². The molecule has 0 aliphatic carbocycles. The molecule has 2 aromatic rings. The molecule has 0 unspecified atom stereocenters. The highest BCUT2D eigenvalue weighted by Gasteiger charge is 2.09. The highest BCUT2D eigenvalue weighted by molar-refractivity contribution is 5.77. The Labute approximate surface area is 145 Å². The highest BCUT2D eigenvalue weighted by Crippen LogP contribution is 2.20. The Bertz CT molecular complexity index is 720. The lowest BCUT2D eigenvalue weighted by molar-refractivity contribution is -0.123. The third kappa shape index (κ3) is 6.06. The molecule has 0 radical (unpaired) electrons. The summed E-state index contributed by atoms with van der Waals surface area (Å²) in [6.45, 7) is 1.31. The highest BCUT2D eigenvalue weighted by atomic mass is 19.3. The Morgan fingerprint density at radius 1 is 1.12 bits per heavy atom. The van der Waals surface area contributed by atoms with Crippen molar-refractivity contribution >= 4 is 5.91 Å². The zero-order valence-electron chi connectivity index (χ0n) is 14.2. The van der Waals surface area contributed by atoms with Gasteiger partial charge in [-0.1, -0.05) is 24.3 Å². The second-order valence-electron chi connectivity index (χ2n) is 5.62. The summed E-state index contributed by atoms with van der Waals surface area (Å²) in [6.07, 6.45) is 0.387. The molecule has 4 nitrogen and oxygen atoms in total. The van der Waals surface area contributed by atoms with Crippen LogP contribution in [0.2, 0.25) is 0 Å². The molecule has 1 amide bonds. The molecule has 25 heavy (non-hydrogen) atoms. The summed E-state index contributed by atoms with van der Waals surface area (Å²) < 4.78 is 34.6. The number of carbonyl (C=O) groups excluding carboxylic acids is 1. The van der Waals surface area contributed by atoms with E-state index in [1.165, 1.54) is 6.07 Å². The lowest BCUT2D eigenvalue weighted by atomic mass is 10.1. The van der Waals surface area contributed by atoms with Gasteiger partial charge in [0.15, 0.2) is 6.61 Å². The van der Waals surface area contributed by atoms with Gasteiger partial charge < -0.3 is 14.8 Å². The van der Waals surface area contributed by atoms with Crippen LogP contribution in [-0.4, -0.2) is 25.7 Å². The van der Waals surface area contributed by atoms with E-state index >= 15 is 0 Å². The molecule has 2 aromatic carbocycles. The van der Waals surface area contributed by atoms with E-state index in [2.05, 4.69) is 10.1 Å². The van der Waals surface area contributed by atoms with Crippen LogP contribution in [0.25, 0.3) is 0 Å². The maximum Gasteiger partial charge on any atom is 0.387 e. The van der Waals surface area contributed by atoms with E-state index < -0.39 is 6.61 Å². The number of carbonyl (C=O) groups is 1. The van der Waals surface area contributed by atoms with Gasteiger partial charge >= 0.3 is 6.61 Å². The Balaban J connectivity index is 1.78. The van der Waals surface area contributed by atoms with Crippen LogP contribution in [0.3, 0.4) is 0 Å². The van der Waals surface area contributed by atoms with Gasteiger partial charge in [-0.05, 0) is 55.2 Å². The Morgan fingerprint density at radius 2 is 1.88 bits per heavy atom. The maximum absolute atomic E-state index is 12.4. The summed E-state index contributed by atoms with van der Waals surface area (Å²) in [6, 6.07) is 12.1. The molecule has 0 saturated heterocycles. The number of hydrogen-bond acceptors (Lipinski definition) is 3. The van der Waals surface area contributed by atoms with Gasteiger partial charge in [-0.3, -0.25) is 4.79 Å². The molecule has 6 heteroatoms. The number of para-hydroxylation sites is 1. The van der Waals surface area contributed by atoms with Crippen molar-refractivity contribution in [1.29, 1.82) is 0 Å². The largest absolute Gasteiger partial charge is 0.484 e. The van der Waals surface area contributed by atoms with Crippen LogP contribution in [-0.2, 0) is 11.2 Å². The van der Waals surface area contributed by atoms with Crippen LogP contribution in [0.4, 0.5) is 8.78 Å². The first-order valence-corrected chi connectivity index (χ1v) is 7.95. The Morgan fingerprint density at radius 3 is 2.60 bits per heavy atom. The summed E-state index contributed by atoms with van der Waals surface area (Å²) >= 11 is 0. The molecule has 0 aliphatic rings. The van der Waals surface area contributed by atoms with Crippen LogP contribution in [0, 0.1) is 13.8 Å². The van der Waals surface area contributed by atoms with Crippen molar-refractivity contribution < 1.29 is 23.0 Å². The first-order valence-electron chi connectivity index (χ1n) is 7.95. The van der Waals surface area contributed by atoms with E-state index in [1.54, 1.807) is 18.2 Å². The van der Waals surface area contributed by atoms with Crippen LogP contribution in [0.5, 0.6) is 11.5 Å². The van der Waals surface area contributed by atoms with Gasteiger partial charge in [0.05, 0.1) is 0 Å². The molecule has 1 N–H and O–H groups in total. The number of hydrogen-bond donors (Lipinski definition) is 1. The quantitative estimate of drug-likeness (QED) is 0.791. The molecule has 0 aromatic heterocycles. The number of aryl methyl sites for hydroxylation is 2. The van der Waals surface area contributed by atoms with E-state index in [0.717, 1.165) is 11.1 Å². The number of nitrogens with one attached hydrogen (secondary N) is 1. The predicted octanol–water partition coefficient (Wildman–Crippen LogP) is 3.64. The summed E-state index contributed by atoms with van der Waals surface area (Å²) in [4.78, 5) is 11.8. The molecular formula is C19H21F2NO3. The topological polar surface area (TPSA) is 47.6 Å². The van der Waals surface area contributed by atoms with Gasteiger partial charge in [-0.25, -0.2) is 0 Å². The lowest BCUT2D eigenvalue weighted by Gasteiger charge is -2.11. The van der Waals surface area contributed by atoms with Gasteiger partial charge in [-0.2, -0.15) is 8.78 Å². The fourth-order valence-corrected chi connectivity index (χ4v) is 2.26. The maximum atomic E-state index is 12.4. The van der Waals surface area contributed by atoms with Gasteiger partial charge in [0.25, 0.3) is 5.91 Å². The van der Waals surface area contributed by atoms with Crippen molar-refractivity contribution in [2.75, 3.05) is 13.2 Å². The van der Waals surface area contributed by atoms with Gasteiger partial charge in [-0.15, -0.1) is 0 Å². The molecule has 2 rings (SSSR count).